The maximum absolute atomic E-state index is 12.7. The maximum atomic E-state index is 12.7. The second-order valence-electron chi connectivity index (χ2n) is 5.95. The van der Waals surface area contributed by atoms with Crippen LogP contribution < -0.4 is 5.32 Å². The molecule has 1 fully saturated rings. The number of benzene rings is 1. The van der Waals surface area contributed by atoms with Crippen molar-refractivity contribution < 1.29 is 32.3 Å². The Morgan fingerprint density at radius 2 is 1.82 bits per heavy atom. The van der Waals surface area contributed by atoms with E-state index in [9.17, 15) is 22.8 Å². The number of imide groups is 1. The number of nitrogens with zero attached hydrogens (tertiary/aromatic N) is 1. The lowest BCUT2D eigenvalue weighted by Gasteiger charge is -2.26. The van der Waals surface area contributed by atoms with Crippen molar-refractivity contribution in [3.8, 4) is 0 Å². The Morgan fingerprint density at radius 1 is 1.14 bits per heavy atom. The van der Waals surface area contributed by atoms with Gasteiger partial charge in [-0.2, -0.15) is 4.31 Å². The fourth-order valence-corrected chi connectivity index (χ4v) is 4.34. The largest absolute Gasteiger partial charge is 0.452 e. The fraction of sp³-hybridized carbons (Fsp3) is 0.471. The van der Waals surface area contributed by atoms with Crippen LogP contribution in [0.1, 0.15) is 36.5 Å². The van der Waals surface area contributed by atoms with Gasteiger partial charge in [0.25, 0.3) is 5.91 Å². The Bertz CT molecular complexity index is 851. The Labute approximate surface area is 168 Å². The van der Waals surface area contributed by atoms with Gasteiger partial charge in [0.15, 0.2) is 6.61 Å². The number of alkyl carbamates (subject to hydrolysis) is 1. The molecule has 1 N–H and O–H groups in total. The van der Waals surface area contributed by atoms with E-state index in [1.807, 2.05) is 5.32 Å². The smallest absolute Gasteiger partial charge is 0.413 e. The van der Waals surface area contributed by atoms with E-state index in [1.54, 1.807) is 6.92 Å². The Morgan fingerprint density at radius 3 is 2.46 bits per heavy atom. The molecule has 1 aliphatic heterocycles. The van der Waals surface area contributed by atoms with E-state index in [1.165, 1.54) is 16.4 Å². The van der Waals surface area contributed by atoms with Crippen molar-refractivity contribution >= 4 is 39.6 Å². The van der Waals surface area contributed by atoms with Crippen molar-refractivity contribution in [1.29, 1.82) is 0 Å². The number of esters is 1. The zero-order valence-corrected chi connectivity index (χ0v) is 16.8. The van der Waals surface area contributed by atoms with Crippen LogP contribution in [-0.4, -0.2) is 57.0 Å². The summed E-state index contributed by atoms with van der Waals surface area (Å²) >= 11 is 5.98. The fourth-order valence-electron chi connectivity index (χ4n) is 2.60. The highest BCUT2D eigenvalue weighted by molar-refractivity contribution is 7.89. The molecule has 0 spiro atoms. The van der Waals surface area contributed by atoms with Crippen LogP contribution in [0.4, 0.5) is 4.79 Å². The predicted molar refractivity (Wildman–Crippen MR) is 99.5 cm³/mol. The summed E-state index contributed by atoms with van der Waals surface area (Å²) in [4.78, 5) is 34.8. The topological polar surface area (TPSA) is 119 Å². The van der Waals surface area contributed by atoms with Gasteiger partial charge in [0.05, 0.1) is 22.1 Å². The summed E-state index contributed by atoms with van der Waals surface area (Å²) in [5.74, 6) is -1.88. The molecule has 0 aromatic heterocycles. The molecular formula is C17H21ClN2O7S. The first-order chi connectivity index (χ1) is 13.3. The van der Waals surface area contributed by atoms with Gasteiger partial charge in [0, 0.05) is 13.1 Å². The highest BCUT2D eigenvalue weighted by Crippen LogP contribution is 2.25. The van der Waals surface area contributed by atoms with Crippen LogP contribution in [0.15, 0.2) is 23.1 Å². The van der Waals surface area contributed by atoms with Crippen LogP contribution in [0, 0.1) is 0 Å². The molecule has 0 unspecified atom stereocenters. The second-order valence-corrected chi connectivity index (χ2v) is 8.30. The first kappa shape index (κ1) is 22.1. The van der Waals surface area contributed by atoms with E-state index in [2.05, 4.69) is 4.74 Å². The number of hydrogen-bond acceptors (Lipinski definition) is 7. The SMILES string of the molecule is CCOC(=O)NC(=O)COC(=O)c1cc(S(=O)(=O)N2CCCCC2)ccc1Cl. The summed E-state index contributed by atoms with van der Waals surface area (Å²) in [6.45, 7) is 1.72. The first-order valence-corrected chi connectivity index (χ1v) is 10.5. The highest BCUT2D eigenvalue weighted by Gasteiger charge is 2.27. The second kappa shape index (κ2) is 9.85. The molecule has 2 rings (SSSR count). The Balaban J connectivity index is 2.09. The van der Waals surface area contributed by atoms with Crippen molar-refractivity contribution in [1.82, 2.24) is 9.62 Å². The van der Waals surface area contributed by atoms with Crippen LogP contribution >= 0.6 is 11.6 Å². The standard InChI is InChI=1S/C17H21ClN2O7S/c1-2-26-17(23)19-15(21)11-27-16(22)13-10-12(6-7-14(13)18)28(24,25)20-8-4-3-5-9-20/h6-7,10H,2-5,8-9,11H2,1H3,(H,19,21,23). The van der Waals surface area contributed by atoms with Crippen molar-refractivity contribution in [3.05, 3.63) is 28.8 Å². The molecule has 0 saturated carbocycles. The molecule has 28 heavy (non-hydrogen) atoms. The third-order valence-corrected chi connectivity index (χ3v) is 6.19. The van der Waals surface area contributed by atoms with Gasteiger partial charge in [-0.25, -0.2) is 18.0 Å². The summed E-state index contributed by atoms with van der Waals surface area (Å²) in [6.07, 6.45) is 1.56. The molecule has 0 atom stereocenters. The Hall–Kier alpha value is -2.17. The number of halogens is 1. The lowest BCUT2D eigenvalue weighted by molar-refractivity contribution is -0.123. The van der Waals surface area contributed by atoms with E-state index in [0.717, 1.165) is 25.3 Å². The third-order valence-electron chi connectivity index (χ3n) is 3.96. The molecule has 1 aromatic carbocycles. The summed E-state index contributed by atoms with van der Waals surface area (Å²) in [5.41, 5.74) is -0.191. The number of hydrogen-bond donors (Lipinski definition) is 1. The van der Waals surface area contributed by atoms with E-state index in [4.69, 9.17) is 16.3 Å². The van der Waals surface area contributed by atoms with Crippen LogP contribution in [0.3, 0.4) is 0 Å². The Kier molecular flexibility index (Phi) is 7.78. The number of carbonyl (C=O) groups excluding carboxylic acids is 3. The highest BCUT2D eigenvalue weighted by atomic mass is 35.5. The summed E-state index contributed by atoms with van der Waals surface area (Å²) < 4.78 is 36.2. The average Bonchev–Trinajstić information content (AvgIpc) is 2.67. The summed E-state index contributed by atoms with van der Waals surface area (Å²) in [7, 11) is -3.76. The molecule has 0 aliphatic carbocycles. The monoisotopic (exact) mass is 432 g/mol. The van der Waals surface area contributed by atoms with Gasteiger partial charge in [-0.1, -0.05) is 18.0 Å². The zero-order valence-electron chi connectivity index (χ0n) is 15.3. The number of sulfonamides is 1. The minimum atomic E-state index is -3.76. The van der Waals surface area contributed by atoms with Crippen molar-refractivity contribution in [3.63, 3.8) is 0 Å². The number of ether oxygens (including phenoxy) is 2. The van der Waals surface area contributed by atoms with Crippen LogP contribution in [0.5, 0.6) is 0 Å². The van der Waals surface area contributed by atoms with Gasteiger partial charge >= 0.3 is 12.1 Å². The van der Waals surface area contributed by atoms with Crippen LogP contribution in [0.25, 0.3) is 0 Å². The van der Waals surface area contributed by atoms with Crippen molar-refractivity contribution in [2.24, 2.45) is 0 Å². The van der Waals surface area contributed by atoms with Crippen molar-refractivity contribution in [2.45, 2.75) is 31.1 Å². The molecule has 2 amide bonds. The summed E-state index contributed by atoms with van der Waals surface area (Å²) in [6, 6.07) is 3.72. The van der Waals surface area contributed by atoms with E-state index in [0.29, 0.717) is 13.1 Å². The normalized spacial score (nSPS) is 14.9. The van der Waals surface area contributed by atoms with E-state index < -0.39 is 34.6 Å². The van der Waals surface area contributed by atoms with Gasteiger partial charge < -0.3 is 9.47 Å². The molecule has 1 saturated heterocycles. The third kappa shape index (κ3) is 5.66. The molecule has 0 radical (unpaired) electrons. The predicted octanol–water partition coefficient (Wildman–Crippen LogP) is 1.94. The zero-order chi connectivity index (χ0) is 20.7. The lowest BCUT2D eigenvalue weighted by Crippen LogP contribution is -2.35. The lowest BCUT2D eigenvalue weighted by atomic mass is 10.2. The minimum absolute atomic E-state index is 0.0200. The molecule has 1 aliphatic rings. The van der Waals surface area contributed by atoms with Crippen LogP contribution in [-0.2, 0) is 24.3 Å². The van der Waals surface area contributed by atoms with E-state index >= 15 is 0 Å². The molecule has 11 heteroatoms. The first-order valence-electron chi connectivity index (χ1n) is 8.69. The molecule has 1 heterocycles. The number of amides is 2. The summed E-state index contributed by atoms with van der Waals surface area (Å²) in [5, 5.41) is 1.85. The van der Waals surface area contributed by atoms with Gasteiger partial charge in [-0.05, 0) is 38.0 Å². The average molecular weight is 433 g/mol. The van der Waals surface area contributed by atoms with Gasteiger partial charge in [-0.3, -0.25) is 10.1 Å². The minimum Gasteiger partial charge on any atom is -0.452 e. The number of rotatable bonds is 6. The number of piperidine rings is 1. The maximum Gasteiger partial charge on any atom is 0.413 e. The molecule has 1 aromatic rings. The van der Waals surface area contributed by atoms with E-state index in [-0.39, 0.29) is 22.1 Å². The number of nitrogens with one attached hydrogen (secondary N) is 1. The molecule has 0 bridgehead atoms. The van der Waals surface area contributed by atoms with Crippen molar-refractivity contribution in [2.75, 3.05) is 26.3 Å². The molecular weight excluding hydrogens is 412 g/mol. The molecule has 154 valence electrons. The quantitative estimate of drug-likeness (QED) is 0.682. The number of carbonyl (C=O) groups is 3. The van der Waals surface area contributed by atoms with Gasteiger partial charge in [0.1, 0.15) is 0 Å². The van der Waals surface area contributed by atoms with Gasteiger partial charge in [-0.15, -0.1) is 0 Å². The van der Waals surface area contributed by atoms with Crippen LogP contribution in [0.2, 0.25) is 5.02 Å². The van der Waals surface area contributed by atoms with Gasteiger partial charge in [0.2, 0.25) is 10.0 Å². The molecule has 9 nitrogen and oxygen atoms in total.